The number of benzene rings is 1. The smallest absolute Gasteiger partial charge is 0.186 e. The maximum atomic E-state index is 8.63. The molecule has 0 saturated carbocycles. The summed E-state index contributed by atoms with van der Waals surface area (Å²) in [7, 11) is 0. The molecule has 66 valence electrons. The molecule has 1 aromatic carbocycles. The van der Waals surface area contributed by atoms with Gasteiger partial charge in [-0.3, -0.25) is 0 Å². The van der Waals surface area contributed by atoms with Gasteiger partial charge in [-0.25, -0.2) is 0 Å². The molecule has 0 aliphatic heterocycles. The van der Waals surface area contributed by atoms with Gasteiger partial charge in [-0.2, -0.15) is 5.26 Å². The summed E-state index contributed by atoms with van der Waals surface area (Å²) in [4.78, 5) is 0. The van der Waals surface area contributed by atoms with E-state index >= 15 is 0 Å². The molecular formula is C10H10N2O. The summed E-state index contributed by atoms with van der Waals surface area (Å²) in [5.41, 5.74) is 2.79. The Balaban J connectivity index is 3.25. The summed E-state index contributed by atoms with van der Waals surface area (Å²) < 4.78 is 0. The summed E-state index contributed by atoms with van der Waals surface area (Å²) in [6.07, 6.45) is 0. The van der Waals surface area contributed by atoms with E-state index in [9.17, 15) is 0 Å². The van der Waals surface area contributed by atoms with Crippen LogP contribution in [0.1, 0.15) is 16.7 Å². The Hall–Kier alpha value is -1.82. The monoisotopic (exact) mass is 174 g/mol. The normalized spacial score (nSPS) is 11.0. The van der Waals surface area contributed by atoms with E-state index in [2.05, 4.69) is 5.16 Å². The van der Waals surface area contributed by atoms with Gasteiger partial charge in [-0.1, -0.05) is 28.9 Å². The van der Waals surface area contributed by atoms with E-state index in [-0.39, 0.29) is 5.71 Å². The van der Waals surface area contributed by atoms with Gasteiger partial charge < -0.3 is 5.21 Å². The van der Waals surface area contributed by atoms with Crippen molar-refractivity contribution in [3.05, 3.63) is 34.9 Å². The first-order valence-corrected chi connectivity index (χ1v) is 3.89. The topological polar surface area (TPSA) is 56.4 Å². The van der Waals surface area contributed by atoms with Crippen LogP contribution >= 0.6 is 0 Å². The van der Waals surface area contributed by atoms with Crippen LogP contribution in [0.5, 0.6) is 0 Å². The van der Waals surface area contributed by atoms with Crippen LogP contribution in [0.3, 0.4) is 0 Å². The molecule has 0 spiro atoms. The molecule has 0 radical (unpaired) electrons. The molecule has 0 atom stereocenters. The molecule has 0 fully saturated rings. The van der Waals surface area contributed by atoms with Gasteiger partial charge in [0, 0.05) is 5.56 Å². The van der Waals surface area contributed by atoms with E-state index in [4.69, 9.17) is 10.5 Å². The number of oxime groups is 1. The summed E-state index contributed by atoms with van der Waals surface area (Å²) in [5, 5.41) is 20.1. The number of hydrogen-bond acceptors (Lipinski definition) is 3. The van der Waals surface area contributed by atoms with Gasteiger partial charge >= 0.3 is 0 Å². The lowest BCUT2D eigenvalue weighted by Crippen LogP contribution is -2.00. The van der Waals surface area contributed by atoms with Crippen LogP contribution in [0.15, 0.2) is 23.4 Å². The lowest BCUT2D eigenvalue weighted by Gasteiger charge is -2.02. The Labute approximate surface area is 76.9 Å². The van der Waals surface area contributed by atoms with Crippen LogP contribution in [0.4, 0.5) is 0 Å². The van der Waals surface area contributed by atoms with Crippen molar-refractivity contribution >= 4 is 5.71 Å². The molecule has 0 bridgehead atoms. The van der Waals surface area contributed by atoms with Crippen LogP contribution in [0.25, 0.3) is 0 Å². The first-order chi connectivity index (χ1) is 6.19. The Morgan fingerprint density at radius 1 is 1.46 bits per heavy atom. The summed E-state index contributed by atoms with van der Waals surface area (Å²) in [6, 6.07) is 7.43. The molecule has 1 N–H and O–H groups in total. The Morgan fingerprint density at radius 2 is 2.15 bits per heavy atom. The van der Waals surface area contributed by atoms with Crippen molar-refractivity contribution in [3.8, 4) is 6.07 Å². The van der Waals surface area contributed by atoms with Crippen molar-refractivity contribution in [2.45, 2.75) is 13.8 Å². The minimum atomic E-state index is 0.0532. The van der Waals surface area contributed by atoms with Crippen LogP contribution in [-0.2, 0) is 0 Å². The van der Waals surface area contributed by atoms with Gasteiger partial charge in [-0.05, 0) is 19.4 Å². The fourth-order valence-corrected chi connectivity index (χ4v) is 1.22. The number of nitrogens with zero attached hydrogens (tertiary/aromatic N) is 2. The van der Waals surface area contributed by atoms with Crippen LogP contribution in [0.2, 0.25) is 0 Å². The maximum absolute atomic E-state index is 8.63. The quantitative estimate of drug-likeness (QED) is 0.402. The third-order valence-corrected chi connectivity index (χ3v) is 1.84. The molecule has 0 saturated heterocycles. The largest absolute Gasteiger partial charge is 0.410 e. The predicted octanol–water partition coefficient (Wildman–Crippen LogP) is 2.01. The predicted molar refractivity (Wildman–Crippen MR) is 49.9 cm³/mol. The van der Waals surface area contributed by atoms with E-state index < -0.39 is 0 Å². The van der Waals surface area contributed by atoms with Gasteiger partial charge in [0.15, 0.2) is 5.71 Å². The minimum absolute atomic E-state index is 0.0532. The third-order valence-electron chi connectivity index (χ3n) is 1.84. The molecule has 0 heterocycles. The Morgan fingerprint density at radius 3 is 2.62 bits per heavy atom. The van der Waals surface area contributed by atoms with Gasteiger partial charge in [0.05, 0.1) is 0 Å². The van der Waals surface area contributed by atoms with Crippen molar-refractivity contribution in [3.63, 3.8) is 0 Å². The first kappa shape index (κ1) is 9.27. The lowest BCUT2D eigenvalue weighted by molar-refractivity contribution is 0.320. The van der Waals surface area contributed by atoms with Gasteiger partial charge in [0.1, 0.15) is 6.07 Å². The van der Waals surface area contributed by atoms with E-state index in [0.717, 1.165) is 11.1 Å². The summed E-state index contributed by atoms with van der Waals surface area (Å²) >= 11 is 0. The van der Waals surface area contributed by atoms with Crippen LogP contribution in [-0.4, -0.2) is 10.9 Å². The molecule has 0 aliphatic rings. The second kappa shape index (κ2) is 3.72. The van der Waals surface area contributed by atoms with Gasteiger partial charge in [0.2, 0.25) is 0 Å². The molecule has 0 aromatic heterocycles. The fourth-order valence-electron chi connectivity index (χ4n) is 1.22. The van der Waals surface area contributed by atoms with Crippen LogP contribution in [0, 0.1) is 25.2 Å². The molecule has 1 rings (SSSR count). The second-order valence-corrected chi connectivity index (χ2v) is 2.88. The Kier molecular flexibility index (Phi) is 2.65. The zero-order valence-corrected chi connectivity index (χ0v) is 7.57. The first-order valence-electron chi connectivity index (χ1n) is 3.89. The molecule has 3 heteroatoms. The number of rotatable bonds is 1. The molecule has 0 aliphatic carbocycles. The highest BCUT2D eigenvalue weighted by Crippen LogP contribution is 2.11. The van der Waals surface area contributed by atoms with Crippen molar-refractivity contribution in [1.29, 1.82) is 5.26 Å². The maximum Gasteiger partial charge on any atom is 0.186 e. The molecule has 1 aromatic rings. The zero-order valence-electron chi connectivity index (χ0n) is 7.57. The zero-order chi connectivity index (χ0) is 9.84. The standard InChI is InChI=1S/C10H10N2O/c1-7-3-4-9(8(2)5-7)10(6-11)12-13/h3-5,13H,1-2H3. The van der Waals surface area contributed by atoms with E-state index in [1.165, 1.54) is 0 Å². The Bertz CT molecular complexity index is 388. The number of nitriles is 1. The molecular weight excluding hydrogens is 164 g/mol. The van der Waals surface area contributed by atoms with Crippen molar-refractivity contribution in [1.82, 2.24) is 0 Å². The molecule has 13 heavy (non-hydrogen) atoms. The van der Waals surface area contributed by atoms with E-state index in [1.807, 2.05) is 32.0 Å². The van der Waals surface area contributed by atoms with Crippen molar-refractivity contribution < 1.29 is 5.21 Å². The average molecular weight is 174 g/mol. The highest BCUT2D eigenvalue weighted by atomic mass is 16.4. The number of hydrogen-bond donors (Lipinski definition) is 1. The van der Waals surface area contributed by atoms with Crippen molar-refractivity contribution in [2.24, 2.45) is 5.16 Å². The minimum Gasteiger partial charge on any atom is -0.410 e. The van der Waals surface area contributed by atoms with Crippen molar-refractivity contribution in [2.75, 3.05) is 0 Å². The highest BCUT2D eigenvalue weighted by molar-refractivity contribution is 6.12. The third kappa shape index (κ3) is 1.85. The average Bonchev–Trinajstić information content (AvgIpc) is 2.10. The molecule has 3 nitrogen and oxygen atoms in total. The fraction of sp³-hybridized carbons (Fsp3) is 0.200. The highest BCUT2D eigenvalue weighted by Gasteiger charge is 2.05. The lowest BCUT2D eigenvalue weighted by atomic mass is 10.0. The van der Waals surface area contributed by atoms with Gasteiger partial charge in [0.25, 0.3) is 0 Å². The summed E-state index contributed by atoms with van der Waals surface area (Å²) in [6.45, 7) is 3.85. The second-order valence-electron chi connectivity index (χ2n) is 2.88. The van der Waals surface area contributed by atoms with Crippen LogP contribution < -0.4 is 0 Å². The molecule has 0 unspecified atom stereocenters. The SMILES string of the molecule is Cc1ccc(C(C#N)=NO)c(C)c1. The summed E-state index contributed by atoms with van der Waals surface area (Å²) in [5.74, 6) is 0. The number of aryl methyl sites for hydroxylation is 2. The van der Waals surface area contributed by atoms with E-state index in [0.29, 0.717) is 5.56 Å². The molecule has 0 amide bonds. The van der Waals surface area contributed by atoms with E-state index in [1.54, 1.807) is 6.07 Å². The van der Waals surface area contributed by atoms with Gasteiger partial charge in [-0.15, -0.1) is 0 Å².